The quantitative estimate of drug-likeness (QED) is 0.265. The second-order valence-electron chi connectivity index (χ2n) is 11.4. The van der Waals surface area contributed by atoms with Gasteiger partial charge in [0, 0.05) is 81.0 Å². The van der Waals surface area contributed by atoms with Gasteiger partial charge in [-0.05, 0) is 42.0 Å². The van der Waals surface area contributed by atoms with E-state index in [0.29, 0.717) is 48.5 Å². The Labute approximate surface area is 265 Å². The minimum absolute atomic E-state index is 0.00331. The second-order valence-corrected chi connectivity index (χ2v) is 11.4. The van der Waals surface area contributed by atoms with Crippen molar-refractivity contribution in [3.8, 4) is 22.7 Å². The summed E-state index contributed by atoms with van der Waals surface area (Å²) >= 11 is 0. The lowest BCUT2D eigenvalue weighted by Gasteiger charge is -2.31. The van der Waals surface area contributed by atoms with Crippen molar-refractivity contribution in [2.24, 2.45) is 0 Å². The number of imide groups is 1. The molecule has 2 saturated heterocycles. The number of amides is 2. The number of nitrogens with zero attached hydrogens (tertiary/aromatic N) is 7. The van der Waals surface area contributed by atoms with Crippen molar-refractivity contribution >= 4 is 39.4 Å². The van der Waals surface area contributed by atoms with Crippen molar-refractivity contribution in [1.82, 2.24) is 34.8 Å². The Balaban J connectivity index is 1.41. The fraction of sp³-hybridized carbons (Fsp3) is 0.312. The summed E-state index contributed by atoms with van der Waals surface area (Å²) in [6.07, 6.45) is -2.79. The van der Waals surface area contributed by atoms with Crippen LogP contribution in [0.4, 0.5) is 18.9 Å². The van der Waals surface area contributed by atoms with Crippen LogP contribution >= 0.6 is 0 Å². The van der Waals surface area contributed by atoms with Crippen LogP contribution in [0.1, 0.15) is 18.4 Å². The van der Waals surface area contributed by atoms with Gasteiger partial charge in [0.15, 0.2) is 5.52 Å². The first-order valence-corrected chi connectivity index (χ1v) is 15.1. The Kier molecular flexibility index (Phi) is 7.62. The Morgan fingerprint density at radius 2 is 1.66 bits per heavy atom. The topological polar surface area (TPSA) is 127 Å². The van der Waals surface area contributed by atoms with Gasteiger partial charge >= 0.3 is 6.18 Å². The number of anilines is 1. The Bertz CT molecular complexity index is 2070. The van der Waals surface area contributed by atoms with Crippen molar-refractivity contribution in [2.45, 2.75) is 25.6 Å². The van der Waals surface area contributed by atoms with E-state index in [9.17, 15) is 27.6 Å². The number of fused-ring (bicyclic) bond motifs is 3. The molecule has 47 heavy (non-hydrogen) atoms. The fourth-order valence-electron chi connectivity index (χ4n) is 6.26. The molecule has 0 atom stereocenters. The van der Waals surface area contributed by atoms with Crippen LogP contribution in [0.3, 0.4) is 0 Å². The van der Waals surface area contributed by atoms with E-state index in [-0.39, 0.29) is 60.2 Å². The van der Waals surface area contributed by atoms with Crippen LogP contribution in [-0.4, -0.2) is 81.1 Å². The summed E-state index contributed by atoms with van der Waals surface area (Å²) in [5.41, 5.74) is 0.813. The van der Waals surface area contributed by atoms with Crippen LogP contribution in [0.5, 0.6) is 5.88 Å². The molecule has 0 radical (unpaired) electrons. The highest BCUT2D eigenvalue weighted by molar-refractivity contribution is 6.04. The fourth-order valence-corrected chi connectivity index (χ4v) is 6.26. The van der Waals surface area contributed by atoms with E-state index in [1.54, 1.807) is 41.4 Å². The highest BCUT2D eigenvalue weighted by Gasteiger charge is 2.36. The summed E-state index contributed by atoms with van der Waals surface area (Å²) < 4.78 is 51.2. The van der Waals surface area contributed by atoms with E-state index in [1.165, 1.54) is 22.4 Å². The smallest absolute Gasteiger partial charge is 0.418 e. The average Bonchev–Trinajstić information content (AvgIpc) is 3.67. The number of carbonyl (C=O) groups is 2. The van der Waals surface area contributed by atoms with Crippen LogP contribution in [0.25, 0.3) is 38.8 Å². The number of hydrogen-bond acceptors (Lipinski definition) is 9. The number of pyridine rings is 2. The van der Waals surface area contributed by atoms with Gasteiger partial charge in [-0.15, -0.1) is 5.10 Å². The van der Waals surface area contributed by atoms with Crippen molar-refractivity contribution in [3.05, 3.63) is 70.6 Å². The minimum atomic E-state index is -4.65. The van der Waals surface area contributed by atoms with Gasteiger partial charge in [-0.25, -0.2) is 9.67 Å². The van der Waals surface area contributed by atoms with Crippen LogP contribution in [0.2, 0.25) is 0 Å². The molecule has 0 aliphatic carbocycles. The third kappa shape index (κ3) is 5.45. The molecular weight excluding hydrogens is 617 g/mol. The second kappa shape index (κ2) is 11.8. The first-order chi connectivity index (χ1) is 22.6. The van der Waals surface area contributed by atoms with Crippen molar-refractivity contribution < 1.29 is 27.5 Å². The monoisotopic (exact) mass is 646 g/mol. The molecule has 0 saturated carbocycles. The standard InChI is InChI=1S/C32H29F3N8O4/c1-47-26-7-3-20(18-37-26)19-2-5-24-22(16-19)30-29(31(46)41(24)14-15-42-27(44)8-9-28(42)45)38-39-43(30)21-4-6-25(23(17-21)32(33,34)35)40-12-10-36-11-13-40/h2-7,16-18,36H,8-15H2,1H3. The van der Waals surface area contributed by atoms with E-state index in [1.807, 2.05) is 6.07 Å². The normalized spacial score (nSPS) is 15.7. The van der Waals surface area contributed by atoms with Gasteiger partial charge in [-0.2, -0.15) is 13.2 Å². The summed E-state index contributed by atoms with van der Waals surface area (Å²) in [6, 6.07) is 12.8. The molecule has 5 heterocycles. The molecule has 2 fully saturated rings. The molecule has 3 aromatic heterocycles. The van der Waals surface area contributed by atoms with E-state index in [0.717, 1.165) is 16.5 Å². The molecule has 15 heteroatoms. The molecule has 2 aliphatic rings. The summed E-state index contributed by atoms with van der Waals surface area (Å²) in [6.45, 7) is 1.97. The molecule has 2 aliphatic heterocycles. The molecule has 0 bridgehead atoms. The lowest BCUT2D eigenvalue weighted by atomic mass is 10.0. The van der Waals surface area contributed by atoms with E-state index < -0.39 is 17.3 Å². The van der Waals surface area contributed by atoms with Gasteiger partial charge in [0.05, 0.1) is 23.9 Å². The highest BCUT2D eigenvalue weighted by Crippen LogP contribution is 2.39. The maximum absolute atomic E-state index is 14.5. The van der Waals surface area contributed by atoms with Gasteiger partial charge in [-0.3, -0.25) is 19.3 Å². The van der Waals surface area contributed by atoms with Crippen LogP contribution in [0.15, 0.2) is 59.5 Å². The predicted octanol–water partition coefficient (Wildman–Crippen LogP) is 3.38. The Morgan fingerprint density at radius 1 is 0.915 bits per heavy atom. The third-order valence-corrected chi connectivity index (χ3v) is 8.63. The summed E-state index contributed by atoms with van der Waals surface area (Å²) in [5.74, 6) is -0.194. The molecule has 2 amide bonds. The summed E-state index contributed by atoms with van der Waals surface area (Å²) in [7, 11) is 1.51. The number of likely N-dealkylation sites (tertiary alicyclic amines) is 1. The van der Waals surface area contributed by atoms with E-state index in [2.05, 4.69) is 20.6 Å². The molecular formula is C32H29F3N8O4. The van der Waals surface area contributed by atoms with Gasteiger partial charge in [0.1, 0.15) is 5.52 Å². The zero-order chi connectivity index (χ0) is 32.9. The highest BCUT2D eigenvalue weighted by atomic mass is 19.4. The van der Waals surface area contributed by atoms with Crippen LogP contribution in [0, 0.1) is 0 Å². The first-order valence-electron chi connectivity index (χ1n) is 15.1. The number of piperazine rings is 1. The van der Waals surface area contributed by atoms with Gasteiger partial charge < -0.3 is 19.5 Å². The molecule has 0 spiro atoms. The molecule has 242 valence electrons. The van der Waals surface area contributed by atoms with Crippen LogP contribution in [-0.2, 0) is 22.3 Å². The first kappa shape index (κ1) is 30.3. The van der Waals surface area contributed by atoms with Gasteiger partial charge in [0.25, 0.3) is 5.56 Å². The number of methoxy groups -OCH3 is 1. The Morgan fingerprint density at radius 3 is 2.34 bits per heavy atom. The number of halogens is 3. The SMILES string of the molecule is COc1ccc(-c2ccc3c(c2)c2c(nnn2-c2ccc(N4CCNCC4)c(C(F)(F)F)c2)c(=O)n3CCN2C(=O)CCC2=O)cn1. The van der Waals surface area contributed by atoms with Crippen molar-refractivity contribution in [3.63, 3.8) is 0 Å². The molecule has 7 rings (SSSR count). The molecule has 12 nitrogen and oxygen atoms in total. The lowest BCUT2D eigenvalue weighted by molar-refractivity contribution is -0.139. The van der Waals surface area contributed by atoms with Crippen molar-refractivity contribution in [2.75, 3.05) is 44.7 Å². The minimum Gasteiger partial charge on any atom is -0.481 e. The van der Waals surface area contributed by atoms with E-state index >= 15 is 0 Å². The zero-order valence-corrected chi connectivity index (χ0v) is 25.3. The summed E-state index contributed by atoms with van der Waals surface area (Å²) in [4.78, 5) is 45.6. The largest absolute Gasteiger partial charge is 0.481 e. The molecule has 5 aromatic rings. The number of ether oxygens (including phenoxy) is 1. The van der Waals surface area contributed by atoms with Crippen LogP contribution < -0.4 is 20.5 Å². The predicted molar refractivity (Wildman–Crippen MR) is 166 cm³/mol. The number of hydrogen-bond donors (Lipinski definition) is 1. The average molecular weight is 647 g/mol. The number of alkyl halides is 3. The number of carbonyl (C=O) groups excluding carboxylic acids is 2. The molecule has 0 unspecified atom stereocenters. The van der Waals surface area contributed by atoms with Crippen molar-refractivity contribution in [1.29, 1.82) is 0 Å². The van der Waals surface area contributed by atoms with Gasteiger partial charge in [-0.1, -0.05) is 11.3 Å². The Hall–Kier alpha value is -5.31. The molecule has 2 aromatic carbocycles. The molecule has 1 N–H and O–H groups in total. The lowest BCUT2D eigenvalue weighted by Crippen LogP contribution is -2.44. The maximum Gasteiger partial charge on any atom is 0.418 e. The summed E-state index contributed by atoms with van der Waals surface area (Å²) in [5, 5.41) is 12.0. The zero-order valence-electron chi connectivity index (χ0n) is 25.3. The number of aromatic nitrogens is 5. The maximum atomic E-state index is 14.5. The van der Waals surface area contributed by atoms with E-state index in [4.69, 9.17) is 4.74 Å². The number of nitrogens with one attached hydrogen (secondary N) is 1. The third-order valence-electron chi connectivity index (χ3n) is 8.63. The number of benzene rings is 2. The van der Waals surface area contributed by atoms with Gasteiger partial charge in [0.2, 0.25) is 17.7 Å². The number of rotatable bonds is 7.